The van der Waals surface area contributed by atoms with Gasteiger partial charge in [0.15, 0.2) is 0 Å². The monoisotopic (exact) mass is 199 g/mol. The van der Waals surface area contributed by atoms with Crippen molar-refractivity contribution in [1.29, 1.82) is 0 Å². The highest BCUT2D eigenvalue weighted by molar-refractivity contribution is 5.92. The van der Waals surface area contributed by atoms with Crippen molar-refractivity contribution in [2.75, 3.05) is 0 Å². The Balaban J connectivity index is 2.16. The fourth-order valence-electron chi connectivity index (χ4n) is 1.90. The Bertz CT molecular complexity index is 476. The highest BCUT2D eigenvalue weighted by atomic mass is 16.7. The molecule has 0 aromatic heterocycles. The summed E-state index contributed by atoms with van der Waals surface area (Å²) >= 11 is 0. The number of hydrogen-bond acceptors (Lipinski definition) is 3. The summed E-state index contributed by atoms with van der Waals surface area (Å²) in [4.78, 5) is 16.8. The Labute approximate surface area is 87.2 Å². The van der Waals surface area contributed by atoms with E-state index < -0.39 is 0 Å². The van der Waals surface area contributed by atoms with E-state index in [1.165, 1.54) is 0 Å². The molecule has 1 aromatic rings. The van der Waals surface area contributed by atoms with Crippen LogP contribution < -0.4 is 0 Å². The van der Waals surface area contributed by atoms with Crippen molar-refractivity contribution in [2.24, 2.45) is 0 Å². The fraction of sp³-hybridized carbons (Fsp3) is 0.0833. The number of carbonyl (C=O) groups is 1. The second-order valence-electron chi connectivity index (χ2n) is 3.50. The maximum atomic E-state index is 11.6. The number of rotatable bonds is 0. The van der Waals surface area contributed by atoms with Gasteiger partial charge in [-0.15, -0.1) is 0 Å². The van der Waals surface area contributed by atoms with Crippen molar-refractivity contribution in [2.45, 2.75) is 6.04 Å². The largest absolute Gasteiger partial charge is 0.363 e. The normalized spacial score (nSPS) is 22.0. The maximum absolute atomic E-state index is 11.6. The SMILES string of the molecule is O=C1ON2C=CC=CC2c2ccccc21. The zero-order valence-electron chi connectivity index (χ0n) is 7.96. The van der Waals surface area contributed by atoms with Crippen LogP contribution in [-0.4, -0.2) is 11.0 Å². The zero-order chi connectivity index (χ0) is 10.3. The minimum absolute atomic E-state index is 0.0175. The van der Waals surface area contributed by atoms with Gasteiger partial charge < -0.3 is 4.84 Å². The topological polar surface area (TPSA) is 29.5 Å². The van der Waals surface area contributed by atoms with Crippen LogP contribution in [0.3, 0.4) is 0 Å². The zero-order valence-corrected chi connectivity index (χ0v) is 7.96. The van der Waals surface area contributed by atoms with E-state index in [1.54, 1.807) is 17.3 Å². The van der Waals surface area contributed by atoms with Gasteiger partial charge in [0.2, 0.25) is 0 Å². The lowest BCUT2D eigenvalue weighted by molar-refractivity contribution is -0.0992. The van der Waals surface area contributed by atoms with E-state index in [-0.39, 0.29) is 12.0 Å². The molecule has 1 atom stereocenters. The molecule has 2 aliphatic heterocycles. The highest BCUT2D eigenvalue weighted by Crippen LogP contribution is 2.33. The van der Waals surface area contributed by atoms with Crippen molar-refractivity contribution in [3.8, 4) is 0 Å². The third-order valence-electron chi connectivity index (χ3n) is 2.60. The van der Waals surface area contributed by atoms with Crippen molar-refractivity contribution < 1.29 is 9.63 Å². The summed E-state index contributed by atoms with van der Waals surface area (Å²) in [7, 11) is 0. The van der Waals surface area contributed by atoms with Gasteiger partial charge in [-0.2, -0.15) is 0 Å². The standard InChI is InChI=1S/C12H9NO2/c14-12-10-6-2-1-5-9(10)11-7-3-4-8-13(11)15-12/h1-8,11H. The molecule has 1 unspecified atom stereocenters. The van der Waals surface area contributed by atoms with Gasteiger partial charge in [-0.25, -0.2) is 9.86 Å². The predicted molar refractivity (Wildman–Crippen MR) is 54.7 cm³/mol. The van der Waals surface area contributed by atoms with Crippen LogP contribution in [0.25, 0.3) is 0 Å². The van der Waals surface area contributed by atoms with Crippen molar-refractivity contribution in [3.63, 3.8) is 0 Å². The van der Waals surface area contributed by atoms with Crippen LogP contribution in [0.2, 0.25) is 0 Å². The highest BCUT2D eigenvalue weighted by Gasteiger charge is 2.30. The van der Waals surface area contributed by atoms with Crippen molar-refractivity contribution in [1.82, 2.24) is 5.06 Å². The first-order valence-corrected chi connectivity index (χ1v) is 4.81. The van der Waals surface area contributed by atoms with Gasteiger partial charge in [0.05, 0.1) is 5.56 Å². The molecule has 0 saturated heterocycles. The first-order chi connectivity index (χ1) is 7.36. The Morgan fingerprint density at radius 2 is 2.07 bits per heavy atom. The molecular formula is C12H9NO2. The molecule has 0 amide bonds. The van der Waals surface area contributed by atoms with Gasteiger partial charge in [0.1, 0.15) is 6.04 Å². The molecule has 1 aromatic carbocycles. The van der Waals surface area contributed by atoms with E-state index in [9.17, 15) is 4.79 Å². The molecule has 74 valence electrons. The Morgan fingerprint density at radius 3 is 3.00 bits per heavy atom. The third-order valence-corrected chi connectivity index (χ3v) is 2.60. The molecule has 2 heterocycles. The Morgan fingerprint density at radius 1 is 1.20 bits per heavy atom. The van der Waals surface area contributed by atoms with Crippen LogP contribution in [0.1, 0.15) is 22.0 Å². The molecule has 0 fully saturated rings. The number of nitrogens with zero attached hydrogens (tertiary/aromatic N) is 1. The molecule has 0 bridgehead atoms. The summed E-state index contributed by atoms with van der Waals surface area (Å²) in [6, 6.07) is 7.54. The number of fused-ring (bicyclic) bond motifs is 3. The van der Waals surface area contributed by atoms with Gasteiger partial charge in [0.25, 0.3) is 0 Å². The van der Waals surface area contributed by atoms with Gasteiger partial charge in [-0.1, -0.05) is 30.4 Å². The molecule has 0 aliphatic carbocycles. The van der Waals surface area contributed by atoms with E-state index in [0.29, 0.717) is 5.56 Å². The molecule has 2 aliphatic rings. The van der Waals surface area contributed by atoms with Gasteiger partial charge in [0, 0.05) is 6.20 Å². The van der Waals surface area contributed by atoms with E-state index >= 15 is 0 Å². The minimum atomic E-state index is -0.290. The quantitative estimate of drug-likeness (QED) is 0.641. The molecule has 15 heavy (non-hydrogen) atoms. The number of allylic oxidation sites excluding steroid dienone is 2. The summed E-state index contributed by atoms with van der Waals surface area (Å²) in [5.41, 5.74) is 1.65. The minimum Gasteiger partial charge on any atom is -0.335 e. The lowest BCUT2D eigenvalue weighted by atomic mass is 9.97. The van der Waals surface area contributed by atoms with E-state index in [4.69, 9.17) is 4.84 Å². The Kier molecular flexibility index (Phi) is 1.65. The second kappa shape index (κ2) is 2.98. The molecule has 0 spiro atoms. The molecular weight excluding hydrogens is 190 g/mol. The lowest BCUT2D eigenvalue weighted by Gasteiger charge is -2.33. The number of hydroxylamine groups is 2. The number of hydrogen-bond donors (Lipinski definition) is 0. The summed E-state index contributed by atoms with van der Waals surface area (Å²) < 4.78 is 0. The van der Waals surface area contributed by atoms with Crippen LogP contribution in [0.4, 0.5) is 0 Å². The molecule has 3 heteroatoms. The first kappa shape index (κ1) is 8.29. The molecule has 0 N–H and O–H groups in total. The summed E-state index contributed by atoms with van der Waals surface area (Å²) in [5.74, 6) is -0.290. The van der Waals surface area contributed by atoms with Crippen LogP contribution in [-0.2, 0) is 4.84 Å². The number of benzene rings is 1. The molecule has 0 saturated carbocycles. The van der Waals surface area contributed by atoms with Crippen molar-refractivity contribution >= 4 is 5.97 Å². The summed E-state index contributed by atoms with van der Waals surface area (Å²) in [5, 5.41) is 1.57. The van der Waals surface area contributed by atoms with Crippen LogP contribution in [0.15, 0.2) is 48.7 Å². The van der Waals surface area contributed by atoms with Crippen LogP contribution >= 0.6 is 0 Å². The molecule has 3 nitrogen and oxygen atoms in total. The average Bonchev–Trinajstić information content (AvgIpc) is 2.30. The smallest absolute Gasteiger partial charge is 0.335 e. The average molecular weight is 199 g/mol. The molecule has 3 rings (SSSR count). The van der Waals surface area contributed by atoms with Crippen LogP contribution in [0, 0.1) is 0 Å². The fourth-order valence-corrected chi connectivity index (χ4v) is 1.90. The number of carbonyl (C=O) groups excluding carboxylic acids is 1. The van der Waals surface area contributed by atoms with Crippen LogP contribution in [0.5, 0.6) is 0 Å². The third kappa shape index (κ3) is 1.16. The lowest BCUT2D eigenvalue weighted by Crippen LogP contribution is -2.33. The van der Waals surface area contributed by atoms with Gasteiger partial charge >= 0.3 is 5.97 Å². The van der Waals surface area contributed by atoms with Crippen molar-refractivity contribution in [3.05, 3.63) is 59.8 Å². The predicted octanol–water partition coefficient (Wildman–Crippen LogP) is 2.20. The van der Waals surface area contributed by atoms with Gasteiger partial charge in [-0.3, -0.25) is 0 Å². The summed E-state index contributed by atoms with van der Waals surface area (Å²) in [6.07, 6.45) is 7.57. The maximum Gasteiger partial charge on any atom is 0.363 e. The Hall–Kier alpha value is -2.03. The van der Waals surface area contributed by atoms with E-state index in [0.717, 1.165) is 5.56 Å². The van der Waals surface area contributed by atoms with E-state index in [1.807, 2.05) is 36.4 Å². The van der Waals surface area contributed by atoms with E-state index in [2.05, 4.69) is 0 Å². The second-order valence-corrected chi connectivity index (χ2v) is 3.50. The summed E-state index contributed by atoms with van der Waals surface area (Å²) in [6.45, 7) is 0. The molecule has 0 radical (unpaired) electrons. The first-order valence-electron chi connectivity index (χ1n) is 4.81. The van der Waals surface area contributed by atoms with Gasteiger partial charge in [-0.05, 0) is 17.7 Å².